The molecule has 160 valence electrons. The van der Waals surface area contributed by atoms with Crippen LogP contribution in [0.15, 0.2) is 51.8 Å². The molecule has 2 aromatic heterocycles. The molecule has 4 heterocycles. The van der Waals surface area contributed by atoms with Crippen LogP contribution < -0.4 is 5.63 Å². The zero-order valence-corrected chi connectivity index (χ0v) is 17.8. The number of fused-ring (bicyclic) bond motifs is 2. The molecule has 7 heteroatoms. The van der Waals surface area contributed by atoms with Crippen LogP contribution in [0.4, 0.5) is 0 Å². The van der Waals surface area contributed by atoms with Crippen molar-refractivity contribution in [2.24, 2.45) is 0 Å². The van der Waals surface area contributed by atoms with Gasteiger partial charge in [0.25, 0.3) is 5.91 Å². The van der Waals surface area contributed by atoms with E-state index in [9.17, 15) is 9.59 Å². The van der Waals surface area contributed by atoms with Crippen LogP contribution in [0.3, 0.4) is 0 Å². The minimum Gasteiger partial charge on any atom is -0.427 e. The van der Waals surface area contributed by atoms with Crippen molar-refractivity contribution < 1.29 is 13.9 Å². The second-order valence-electron chi connectivity index (χ2n) is 8.35. The van der Waals surface area contributed by atoms with E-state index in [0.29, 0.717) is 49.4 Å². The Balaban J connectivity index is 1.39. The number of nitrogens with zero attached hydrogens (tertiary/aromatic N) is 3. The predicted octanol–water partition coefficient (Wildman–Crippen LogP) is 3.15. The van der Waals surface area contributed by atoms with Crippen molar-refractivity contribution in [1.29, 1.82) is 0 Å². The summed E-state index contributed by atoms with van der Waals surface area (Å²) >= 11 is 0. The molecule has 0 atom stereocenters. The van der Waals surface area contributed by atoms with Crippen LogP contribution in [0.25, 0.3) is 5.69 Å². The van der Waals surface area contributed by atoms with Crippen LogP contribution in [0.1, 0.15) is 45.8 Å². The van der Waals surface area contributed by atoms with Crippen LogP contribution in [-0.2, 0) is 16.8 Å². The fourth-order valence-corrected chi connectivity index (χ4v) is 4.80. The number of piperidine rings is 1. The fraction of sp³-hybridized carbons (Fsp3) is 0.375. The molecule has 0 radical (unpaired) electrons. The molecule has 1 fully saturated rings. The molecule has 7 nitrogen and oxygen atoms in total. The van der Waals surface area contributed by atoms with Gasteiger partial charge in [-0.25, -0.2) is 9.48 Å². The Bertz CT molecular complexity index is 1160. The van der Waals surface area contributed by atoms with Crippen LogP contribution in [0.5, 0.6) is 0 Å². The number of carbonyl (C=O) groups excluding carboxylic acids is 1. The topological polar surface area (TPSA) is 77.6 Å². The molecule has 1 saturated heterocycles. The third kappa shape index (κ3) is 3.39. The van der Waals surface area contributed by atoms with Crippen LogP contribution in [0.2, 0.25) is 0 Å². The smallest absolute Gasteiger partial charge is 0.336 e. The number of hydrogen-bond donors (Lipinski definition) is 0. The molecule has 0 N–H and O–H groups in total. The van der Waals surface area contributed by atoms with Crippen molar-refractivity contribution >= 4 is 5.91 Å². The van der Waals surface area contributed by atoms with E-state index in [1.165, 1.54) is 11.6 Å². The van der Waals surface area contributed by atoms with Gasteiger partial charge in [0.05, 0.1) is 23.6 Å². The molecule has 0 aliphatic carbocycles. The summed E-state index contributed by atoms with van der Waals surface area (Å²) < 4.78 is 13.4. The van der Waals surface area contributed by atoms with Gasteiger partial charge < -0.3 is 14.1 Å². The van der Waals surface area contributed by atoms with Crippen molar-refractivity contribution in [1.82, 2.24) is 14.7 Å². The average Bonchev–Trinajstić information content (AvgIpc) is 3.20. The Morgan fingerprint density at radius 2 is 1.87 bits per heavy atom. The lowest BCUT2D eigenvalue weighted by Gasteiger charge is -2.43. The van der Waals surface area contributed by atoms with Gasteiger partial charge in [-0.2, -0.15) is 5.10 Å². The van der Waals surface area contributed by atoms with E-state index in [2.05, 4.69) is 6.20 Å². The molecule has 0 bridgehead atoms. The molecule has 0 unspecified atom stereocenters. The lowest BCUT2D eigenvalue weighted by molar-refractivity contribution is -0.0963. The number of aromatic nitrogens is 2. The lowest BCUT2D eigenvalue weighted by Crippen LogP contribution is -2.48. The highest BCUT2D eigenvalue weighted by Gasteiger charge is 2.44. The van der Waals surface area contributed by atoms with E-state index in [1.54, 1.807) is 13.8 Å². The number of para-hydroxylation sites is 1. The van der Waals surface area contributed by atoms with Crippen molar-refractivity contribution in [3.63, 3.8) is 0 Å². The van der Waals surface area contributed by atoms with Gasteiger partial charge in [-0.05, 0) is 56.4 Å². The van der Waals surface area contributed by atoms with Gasteiger partial charge in [-0.15, -0.1) is 0 Å². The summed E-state index contributed by atoms with van der Waals surface area (Å²) in [5.74, 6) is 0.271. The first kappa shape index (κ1) is 19.8. The Kier molecular flexibility index (Phi) is 4.78. The Hall–Kier alpha value is -3.19. The zero-order chi connectivity index (χ0) is 21.6. The molecule has 31 heavy (non-hydrogen) atoms. The number of carbonyl (C=O) groups is 1. The summed E-state index contributed by atoms with van der Waals surface area (Å²) in [5, 5.41) is 4.90. The SMILES string of the molecule is Cc1cc(=O)oc(C)c1C(=O)N1CCC2(CC1)OCCc1cn(-c3ccccc3)nc12. The first-order chi connectivity index (χ1) is 15.0. The molecular formula is C24H25N3O4. The van der Waals surface area contributed by atoms with Crippen LogP contribution in [0, 0.1) is 13.8 Å². The highest BCUT2D eigenvalue weighted by molar-refractivity contribution is 5.96. The number of benzene rings is 1. The van der Waals surface area contributed by atoms with E-state index < -0.39 is 11.2 Å². The zero-order valence-electron chi connectivity index (χ0n) is 17.8. The van der Waals surface area contributed by atoms with Crippen LogP contribution in [-0.4, -0.2) is 40.3 Å². The monoisotopic (exact) mass is 419 g/mol. The molecule has 1 aromatic carbocycles. The van der Waals surface area contributed by atoms with Gasteiger partial charge in [0.2, 0.25) is 0 Å². The number of ether oxygens (including phenoxy) is 1. The molecule has 5 rings (SSSR count). The summed E-state index contributed by atoms with van der Waals surface area (Å²) in [4.78, 5) is 26.6. The number of amides is 1. The summed E-state index contributed by atoms with van der Waals surface area (Å²) in [7, 11) is 0. The van der Waals surface area contributed by atoms with Gasteiger partial charge >= 0.3 is 5.63 Å². The van der Waals surface area contributed by atoms with E-state index in [0.717, 1.165) is 17.8 Å². The number of likely N-dealkylation sites (tertiary alicyclic amines) is 1. The van der Waals surface area contributed by atoms with Gasteiger partial charge in [0.1, 0.15) is 11.4 Å². The summed E-state index contributed by atoms with van der Waals surface area (Å²) in [6.45, 7) is 5.22. The molecule has 1 spiro atoms. The Morgan fingerprint density at radius 1 is 1.13 bits per heavy atom. The molecule has 2 aliphatic heterocycles. The maximum Gasteiger partial charge on any atom is 0.336 e. The standard InChI is InChI=1S/C24H25N3O4/c1-16-14-20(28)31-17(2)21(16)23(29)26-11-9-24(10-12-26)22-18(8-13-30-24)15-27(25-22)19-6-4-3-5-7-19/h3-7,14-15H,8-13H2,1-2H3. The maximum absolute atomic E-state index is 13.2. The van der Waals surface area contributed by atoms with E-state index in [4.69, 9.17) is 14.3 Å². The number of rotatable bonds is 2. The normalized spacial score (nSPS) is 17.5. The molecule has 1 amide bonds. The highest BCUT2D eigenvalue weighted by Crippen LogP contribution is 2.41. The minimum absolute atomic E-state index is 0.0977. The average molecular weight is 419 g/mol. The van der Waals surface area contributed by atoms with Crippen LogP contribution >= 0.6 is 0 Å². The summed E-state index contributed by atoms with van der Waals surface area (Å²) in [6, 6.07) is 11.4. The third-order valence-corrected chi connectivity index (χ3v) is 6.40. The van der Waals surface area contributed by atoms with Gasteiger partial charge in [0.15, 0.2) is 0 Å². The fourth-order valence-electron chi connectivity index (χ4n) is 4.80. The van der Waals surface area contributed by atoms with E-state index >= 15 is 0 Å². The second-order valence-corrected chi connectivity index (χ2v) is 8.35. The number of hydrogen-bond acceptors (Lipinski definition) is 5. The van der Waals surface area contributed by atoms with Gasteiger partial charge in [-0.1, -0.05) is 18.2 Å². The Morgan fingerprint density at radius 3 is 2.58 bits per heavy atom. The lowest BCUT2D eigenvalue weighted by atomic mass is 9.83. The number of aryl methyl sites for hydroxylation is 2. The van der Waals surface area contributed by atoms with Crippen molar-refractivity contribution in [2.75, 3.05) is 19.7 Å². The van der Waals surface area contributed by atoms with Crippen molar-refractivity contribution in [2.45, 2.75) is 38.7 Å². The third-order valence-electron chi connectivity index (χ3n) is 6.40. The summed E-state index contributed by atoms with van der Waals surface area (Å²) in [5.41, 5.74) is 3.47. The summed E-state index contributed by atoms with van der Waals surface area (Å²) in [6.07, 6.45) is 4.32. The first-order valence-corrected chi connectivity index (χ1v) is 10.7. The van der Waals surface area contributed by atoms with Crippen molar-refractivity contribution in [3.8, 4) is 5.69 Å². The van der Waals surface area contributed by atoms with E-state index in [1.807, 2.05) is 39.9 Å². The Labute approximate surface area is 180 Å². The van der Waals surface area contributed by atoms with E-state index in [-0.39, 0.29) is 5.91 Å². The largest absolute Gasteiger partial charge is 0.427 e. The predicted molar refractivity (Wildman–Crippen MR) is 114 cm³/mol. The van der Waals surface area contributed by atoms with Gasteiger partial charge in [-0.3, -0.25) is 4.79 Å². The second kappa shape index (κ2) is 7.50. The molecular weight excluding hydrogens is 394 g/mol. The van der Waals surface area contributed by atoms with Gasteiger partial charge in [0, 0.05) is 25.4 Å². The molecule has 2 aliphatic rings. The minimum atomic E-state index is -0.461. The quantitative estimate of drug-likeness (QED) is 0.638. The molecule has 0 saturated carbocycles. The highest BCUT2D eigenvalue weighted by atomic mass is 16.5. The van der Waals surface area contributed by atoms with Crippen molar-refractivity contribution in [3.05, 3.63) is 81.2 Å². The molecule has 3 aromatic rings. The first-order valence-electron chi connectivity index (χ1n) is 10.7. The maximum atomic E-state index is 13.2.